The molecule has 0 radical (unpaired) electrons. The second kappa shape index (κ2) is 7.86. The third-order valence-electron chi connectivity index (χ3n) is 3.20. The Kier molecular flexibility index (Phi) is 5.62. The van der Waals surface area contributed by atoms with Crippen LogP contribution in [0.5, 0.6) is 0 Å². The molecule has 0 unspecified atom stereocenters. The Morgan fingerprint density at radius 1 is 1.08 bits per heavy atom. The summed E-state index contributed by atoms with van der Waals surface area (Å²) in [6, 6.07) is 8.51. The van der Waals surface area contributed by atoms with Gasteiger partial charge in [-0.3, -0.25) is 19.2 Å². The Morgan fingerprint density at radius 3 is 2.36 bits per heavy atom. The number of rotatable bonds is 6. The fourth-order valence-electron chi connectivity index (χ4n) is 1.95. The summed E-state index contributed by atoms with van der Waals surface area (Å²) in [4.78, 5) is 45.8. The number of amides is 2. The van der Waals surface area contributed by atoms with Crippen molar-refractivity contribution in [2.45, 2.75) is 13.5 Å². The molecule has 0 atom stereocenters. The molecule has 0 saturated heterocycles. The van der Waals surface area contributed by atoms with Gasteiger partial charge in [0.1, 0.15) is 12.2 Å². The summed E-state index contributed by atoms with van der Waals surface area (Å²) < 4.78 is 1.17. The molecule has 0 fully saturated rings. The first kappa shape index (κ1) is 17.9. The fraction of sp³-hybridized carbons (Fsp3) is 0.188. The van der Waals surface area contributed by atoms with Crippen LogP contribution in [0.2, 0.25) is 0 Å². The zero-order valence-corrected chi connectivity index (χ0v) is 13.4. The number of nitrogens with zero attached hydrogens (tertiary/aromatic N) is 2. The minimum atomic E-state index is -1.14. The molecule has 0 aliphatic rings. The molecule has 1 aromatic carbocycles. The van der Waals surface area contributed by atoms with Crippen molar-refractivity contribution >= 4 is 23.5 Å². The van der Waals surface area contributed by atoms with E-state index in [1.165, 1.54) is 41.1 Å². The number of nitrogens with one attached hydrogen (secondary N) is 2. The maximum absolute atomic E-state index is 12.2. The van der Waals surface area contributed by atoms with E-state index < -0.39 is 24.3 Å². The summed E-state index contributed by atoms with van der Waals surface area (Å²) in [5.74, 6) is -2.17. The Bertz CT molecular complexity index is 858. The minimum Gasteiger partial charge on any atom is -0.480 e. The number of carboxylic acid groups (broad SMARTS) is 1. The molecule has 0 spiro atoms. The largest absolute Gasteiger partial charge is 0.480 e. The van der Waals surface area contributed by atoms with Crippen molar-refractivity contribution in [1.29, 1.82) is 0 Å². The van der Waals surface area contributed by atoms with Crippen molar-refractivity contribution in [2.75, 3.05) is 11.9 Å². The second-order valence-corrected chi connectivity index (χ2v) is 4.98. The number of aryl methyl sites for hydroxylation is 1. The van der Waals surface area contributed by atoms with E-state index in [0.717, 1.165) is 0 Å². The van der Waals surface area contributed by atoms with Gasteiger partial charge in [0.05, 0.1) is 0 Å². The van der Waals surface area contributed by atoms with Gasteiger partial charge < -0.3 is 15.7 Å². The van der Waals surface area contributed by atoms with Gasteiger partial charge in [0.2, 0.25) is 0 Å². The van der Waals surface area contributed by atoms with Crippen LogP contribution < -0.4 is 16.2 Å². The minimum absolute atomic E-state index is 0.0877. The average molecular weight is 344 g/mol. The molecule has 25 heavy (non-hydrogen) atoms. The Labute approximate surface area is 142 Å². The van der Waals surface area contributed by atoms with Crippen molar-refractivity contribution in [3.63, 3.8) is 0 Å². The van der Waals surface area contributed by atoms with Crippen LogP contribution in [0.25, 0.3) is 0 Å². The highest BCUT2D eigenvalue weighted by Gasteiger charge is 2.11. The van der Waals surface area contributed by atoms with Gasteiger partial charge in [-0.25, -0.2) is 4.68 Å². The lowest BCUT2D eigenvalue weighted by Crippen LogP contribution is -2.29. The average Bonchev–Trinajstić information content (AvgIpc) is 2.60. The SMILES string of the molecule is CCn1nc(C(=O)Nc2ccc(C(=O)NCC(=O)O)cc2)ccc1=O. The quantitative estimate of drug-likeness (QED) is 0.692. The lowest BCUT2D eigenvalue weighted by molar-refractivity contribution is -0.135. The standard InChI is InChI=1S/C16H16N4O5/c1-2-20-13(21)8-7-12(19-20)16(25)18-11-5-3-10(4-6-11)15(24)17-9-14(22)23/h3-8H,2,9H2,1H3,(H,17,24)(H,18,25)(H,22,23). The Morgan fingerprint density at radius 2 is 1.76 bits per heavy atom. The summed E-state index contributed by atoms with van der Waals surface area (Å²) >= 11 is 0. The van der Waals surface area contributed by atoms with Crippen LogP contribution in [-0.2, 0) is 11.3 Å². The number of anilines is 1. The molecular formula is C16H16N4O5. The summed E-state index contributed by atoms with van der Waals surface area (Å²) in [6.07, 6.45) is 0. The van der Waals surface area contributed by atoms with Crippen LogP contribution >= 0.6 is 0 Å². The fourth-order valence-corrected chi connectivity index (χ4v) is 1.95. The molecule has 130 valence electrons. The van der Waals surface area contributed by atoms with Gasteiger partial charge >= 0.3 is 5.97 Å². The highest BCUT2D eigenvalue weighted by Crippen LogP contribution is 2.10. The van der Waals surface area contributed by atoms with E-state index in [9.17, 15) is 19.2 Å². The first-order chi connectivity index (χ1) is 11.9. The molecule has 3 N–H and O–H groups in total. The van der Waals surface area contributed by atoms with Gasteiger partial charge in [-0.2, -0.15) is 5.10 Å². The molecule has 0 saturated carbocycles. The van der Waals surface area contributed by atoms with Gasteiger partial charge in [0, 0.05) is 23.9 Å². The summed E-state index contributed by atoms with van der Waals surface area (Å²) in [6.45, 7) is 1.61. The predicted octanol–water partition coefficient (Wildman–Crippen LogP) is 0.330. The number of hydrogen-bond donors (Lipinski definition) is 3. The van der Waals surface area contributed by atoms with Crippen LogP contribution in [-0.4, -0.2) is 39.2 Å². The molecule has 2 amide bonds. The highest BCUT2D eigenvalue weighted by molar-refractivity contribution is 6.03. The molecule has 0 bridgehead atoms. The summed E-state index contributed by atoms with van der Waals surface area (Å²) in [5.41, 5.74) is 0.480. The number of carboxylic acids is 1. The summed E-state index contributed by atoms with van der Waals surface area (Å²) in [5, 5.41) is 17.3. The van der Waals surface area contributed by atoms with E-state index in [4.69, 9.17) is 5.11 Å². The molecule has 1 heterocycles. The summed E-state index contributed by atoms with van der Waals surface area (Å²) in [7, 11) is 0. The Balaban J connectivity index is 2.05. The van der Waals surface area contributed by atoms with Crippen molar-refractivity contribution in [3.05, 3.63) is 58.0 Å². The number of hydrogen-bond acceptors (Lipinski definition) is 5. The third-order valence-corrected chi connectivity index (χ3v) is 3.20. The number of carbonyl (C=O) groups is 3. The normalized spacial score (nSPS) is 10.1. The maximum Gasteiger partial charge on any atom is 0.322 e. The third kappa shape index (κ3) is 4.74. The lowest BCUT2D eigenvalue weighted by atomic mass is 10.2. The molecule has 9 heteroatoms. The van der Waals surface area contributed by atoms with Gasteiger partial charge in [0.25, 0.3) is 17.4 Å². The molecule has 0 aliphatic heterocycles. The number of aliphatic carboxylic acids is 1. The van der Waals surface area contributed by atoms with Crippen molar-refractivity contribution in [3.8, 4) is 0 Å². The number of aromatic nitrogens is 2. The van der Waals surface area contributed by atoms with E-state index in [2.05, 4.69) is 15.7 Å². The molecular weight excluding hydrogens is 328 g/mol. The van der Waals surface area contributed by atoms with Crippen molar-refractivity contribution in [2.24, 2.45) is 0 Å². The van der Waals surface area contributed by atoms with Crippen molar-refractivity contribution < 1.29 is 19.5 Å². The van der Waals surface area contributed by atoms with Crippen LogP contribution in [0.15, 0.2) is 41.2 Å². The zero-order chi connectivity index (χ0) is 18.4. The maximum atomic E-state index is 12.2. The van der Waals surface area contributed by atoms with Crippen LogP contribution in [0, 0.1) is 0 Å². The predicted molar refractivity (Wildman–Crippen MR) is 88.5 cm³/mol. The number of benzene rings is 1. The molecule has 0 aliphatic carbocycles. The van der Waals surface area contributed by atoms with Crippen LogP contribution in [0.3, 0.4) is 0 Å². The lowest BCUT2D eigenvalue weighted by Gasteiger charge is -2.07. The van der Waals surface area contributed by atoms with Crippen LogP contribution in [0.4, 0.5) is 5.69 Å². The van der Waals surface area contributed by atoms with E-state index in [1.807, 2.05) is 0 Å². The first-order valence-corrected chi connectivity index (χ1v) is 7.40. The first-order valence-electron chi connectivity index (χ1n) is 7.40. The monoisotopic (exact) mass is 344 g/mol. The zero-order valence-electron chi connectivity index (χ0n) is 13.4. The molecule has 1 aromatic heterocycles. The molecule has 2 aromatic rings. The van der Waals surface area contributed by atoms with E-state index in [-0.39, 0.29) is 16.8 Å². The number of carbonyl (C=O) groups excluding carboxylic acids is 2. The van der Waals surface area contributed by atoms with Crippen molar-refractivity contribution in [1.82, 2.24) is 15.1 Å². The second-order valence-electron chi connectivity index (χ2n) is 4.98. The van der Waals surface area contributed by atoms with Gasteiger partial charge in [0.15, 0.2) is 0 Å². The highest BCUT2D eigenvalue weighted by atomic mass is 16.4. The smallest absolute Gasteiger partial charge is 0.322 e. The van der Waals surface area contributed by atoms with E-state index >= 15 is 0 Å². The van der Waals surface area contributed by atoms with E-state index in [1.54, 1.807) is 6.92 Å². The molecule has 9 nitrogen and oxygen atoms in total. The Hall–Kier alpha value is -3.49. The van der Waals surface area contributed by atoms with E-state index in [0.29, 0.717) is 12.2 Å². The van der Waals surface area contributed by atoms with Gasteiger partial charge in [-0.15, -0.1) is 0 Å². The van der Waals surface area contributed by atoms with Gasteiger partial charge in [-0.1, -0.05) is 0 Å². The van der Waals surface area contributed by atoms with Crippen LogP contribution in [0.1, 0.15) is 27.8 Å². The van der Waals surface area contributed by atoms with Gasteiger partial charge in [-0.05, 0) is 37.3 Å². The topological polar surface area (TPSA) is 130 Å². The molecule has 2 rings (SSSR count).